The van der Waals surface area contributed by atoms with Crippen LogP contribution in [0.25, 0.3) is 5.69 Å². The summed E-state index contributed by atoms with van der Waals surface area (Å²) in [7, 11) is 0. The summed E-state index contributed by atoms with van der Waals surface area (Å²) in [6.07, 6.45) is 0. The highest BCUT2D eigenvalue weighted by atomic mass is 35.5. The molecule has 1 heterocycles. The van der Waals surface area contributed by atoms with Crippen molar-refractivity contribution < 1.29 is 4.79 Å². The Morgan fingerprint density at radius 1 is 0.938 bits per heavy atom. The summed E-state index contributed by atoms with van der Waals surface area (Å²) < 4.78 is 2.00. The van der Waals surface area contributed by atoms with Crippen LogP contribution in [0.2, 0.25) is 10.0 Å². The number of halogens is 2. The fourth-order valence-corrected chi connectivity index (χ4v) is 4.27. The molecule has 0 spiro atoms. The second kappa shape index (κ2) is 10.2. The van der Waals surface area contributed by atoms with Crippen LogP contribution < -0.4 is 5.32 Å². The number of nitrogens with one attached hydrogen (secondary N) is 1. The Bertz CT molecular complexity index is 1220. The third kappa shape index (κ3) is 5.33. The molecule has 0 fully saturated rings. The third-order valence-corrected chi connectivity index (χ3v) is 6.28. The van der Waals surface area contributed by atoms with E-state index in [0.717, 1.165) is 22.8 Å². The van der Waals surface area contributed by atoms with E-state index in [0.29, 0.717) is 27.3 Å². The fourth-order valence-electron chi connectivity index (χ4n) is 3.16. The second-order valence-corrected chi connectivity index (χ2v) is 8.92. The number of nitrogens with zero attached hydrogens (tertiary/aromatic N) is 3. The number of carbonyl (C=O) groups excluding carboxylic acids is 1. The highest BCUT2D eigenvalue weighted by molar-refractivity contribution is 7.99. The Kier molecular flexibility index (Phi) is 7.15. The lowest BCUT2D eigenvalue weighted by molar-refractivity contribution is 0.102. The molecule has 0 amide bonds. The van der Waals surface area contributed by atoms with Gasteiger partial charge >= 0.3 is 0 Å². The molecule has 4 rings (SSSR count). The van der Waals surface area contributed by atoms with E-state index in [4.69, 9.17) is 23.2 Å². The minimum absolute atomic E-state index is 0.00633. The van der Waals surface area contributed by atoms with Gasteiger partial charge in [0, 0.05) is 21.3 Å². The molecule has 5 nitrogen and oxygen atoms in total. The second-order valence-electron chi connectivity index (χ2n) is 7.10. The molecule has 162 valence electrons. The fraction of sp³-hybridized carbons (Fsp3) is 0.125. The van der Waals surface area contributed by atoms with E-state index in [9.17, 15) is 4.79 Å². The number of hydrogen-bond acceptors (Lipinski definition) is 5. The number of hydrogen-bond donors (Lipinski definition) is 1. The Labute approximate surface area is 200 Å². The van der Waals surface area contributed by atoms with Crippen molar-refractivity contribution in [2.75, 3.05) is 11.1 Å². The summed E-state index contributed by atoms with van der Waals surface area (Å²) in [5, 5.41) is 14.1. The number of thioether (sulfide) groups is 1. The normalized spacial score (nSPS) is 10.8. The molecule has 3 aromatic carbocycles. The summed E-state index contributed by atoms with van der Waals surface area (Å²) in [5.41, 5.74) is 3.62. The molecule has 0 radical (unpaired) electrons. The summed E-state index contributed by atoms with van der Waals surface area (Å²) in [5.74, 6) is 0.999. The van der Waals surface area contributed by atoms with Gasteiger partial charge in [0.05, 0.1) is 18.0 Å². The van der Waals surface area contributed by atoms with E-state index in [1.165, 1.54) is 11.8 Å². The van der Waals surface area contributed by atoms with E-state index in [-0.39, 0.29) is 11.5 Å². The molecule has 0 unspecified atom stereocenters. The maximum absolute atomic E-state index is 12.6. The van der Waals surface area contributed by atoms with Crippen LogP contribution >= 0.6 is 35.0 Å². The number of benzene rings is 3. The quantitative estimate of drug-likeness (QED) is 0.230. The molecule has 0 bridgehead atoms. The first-order valence-electron chi connectivity index (χ1n) is 9.92. The molecule has 0 saturated carbocycles. The van der Waals surface area contributed by atoms with Gasteiger partial charge in [0.25, 0.3) is 0 Å². The van der Waals surface area contributed by atoms with E-state index in [1.54, 1.807) is 24.3 Å². The topological polar surface area (TPSA) is 59.8 Å². The van der Waals surface area contributed by atoms with Crippen molar-refractivity contribution in [2.24, 2.45) is 0 Å². The highest BCUT2D eigenvalue weighted by Gasteiger charge is 2.17. The SMILES string of the molecule is Cc1ccccc1-n1c(CNc2ccc(Cl)cc2)nnc1SCC(=O)c1ccc(Cl)cc1. The third-order valence-electron chi connectivity index (χ3n) is 4.85. The van der Waals surface area contributed by atoms with Crippen molar-refractivity contribution >= 4 is 46.4 Å². The van der Waals surface area contributed by atoms with Gasteiger partial charge in [-0.05, 0) is 67.1 Å². The van der Waals surface area contributed by atoms with Gasteiger partial charge in [-0.3, -0.25) is 9.36 Å². The lowest BCUT2D eigenvalue weighted by atomic mass is 10.1. The number of carbonyl (C=O) groups is 1. The molecule has 32 heavy (non-hydrogen) atoms. The number of ketones is 1. The summed E-state index contributed by atoms with van der Waals surface area (Å²) in [6.45, 7) is 2.51. The molecule has 0 aliphatic heterocycles. The number of para-hydroxylation sites is 1. The van der Waals surface area contributed by atoms with Gasteiger partial charge in [0.15, 0.2) is 16.8 Å². The van der Waals surface area contributed by atoms with Crippen LogP contribution in [0.5, 0.6) is 0 Å². The molecule has 0 aliphatic rings. The van der Waals surface area contributed by atoms with Gasteiger partial charge < -0.3 is 5.32 Å². The first-order valence-corrected chi connectivity index (χ1v) is 11.7. The van der Waals surface area contributed by atoms with Crippen LogP contribution in [0.4, 0.5) is 5.69 Å². The van der Waals surface area contributed by atoms with E-state index in [2.05, 4.69) is 15.5 Å². The number of anilines is 1. The van der Waals surface area contributed by atoms with Crippen LogP contribution in [-0.2, 0) is 6.54 Å². The molecule has 4 aromatic rings. The van der Waals surface area contributed by atoms with Crippen LogP contribution in [0.1, 0.15) is 21.7 Å². The molecule has 0 saturated heterocycles. The van der Waals surface area contributed by atoms with Crippen molar-refractivity contribution in [3.05, 3.63) is 99.8 Å². The molecule has 1 N–H and O–H groups in total. The largest absolute Gasteiger partial charge is 0.378 e. The van der Waals surface area contributed by atoms with Crippen molar-refractivity contribution in [3.8, 4) is 5.69 Å². The molecular formula is C24H20Cl2N4OS. The van der Waals surface area contributed by atoms with Crippen LogP contribution in [-0.4, -0.2) is 26.3 Å². The average molecular weight is 483 g/mol. The lowest BCUT2D eigenvalue weighted by Gasteiger charge is -2.13. The maximum Gasteiger partial charge on any atom is 0.196 e. The number of rotatable bonds is 8. The van der Waals surface area contributed by atoms with Crippen LogP contribution in [0, 0.1) is 6.92 Å². The van der Waals surface area contributed by atoms with Gasteiger partial charge in [-0.15, -0.1) is 10.2 Å². The van der Waals surface area contributed by atoms with Gasteiger partial charge in [-0.2, -0.15) is 0 Å². The van der Waals surface area contributed by atoms with Crippen molar-refractivity contribution in [2.45, 2.75) is 18.6 Å². The Balaban J connectivity index is 1.57. The predicted octanol–water partition coefficient (Wildman–Crippen LogP) is 6.47. The Hall–Kier alpha value is -2.80. The first kappa shape index (κ1) is 22.4. The molecular weight excluding hydrogens is 463 g/mol. The Morgan fingerprint density at radius 2 is 1.59 bits per heavy atom. The summed E-state index contributed by atoms with van der Waals surface area (Å²) >= 11 is 13.3. The lowest BCUT2D eigenvalue weighted by Crippen LogP contribution is -2.10. The summed E-state index contributed by atoms with van der Waals surface area (Å²) in [4.78, 5) is 12.6. The van der Waals surface area contributed by atoms with Crippen molar-refractivity contribution in [1.29, 1.82) is 0 Å². The minimum atomic E-state index is 0.00633. The van der Waals surface area contributed by atoms with Crippen LogP contribution in [0.15, 0.2) is 78.0 Å². The first-order chi connectivity index (χ1) is 15.5. The van der Waals surface area contributed by atoms with Crippen molar-refractivity contribution in [3.63, 3.8) is 0 Å². The average Bonchev–Trinajstić information content (AvgIpc) is 3.20. The number of Topliss-reactive ketones (excluding diaryl/α,β-unsaturated/α-hetero) is 1. The zero-order valence-corrected chi connectivity index (χ0v) is 19.6. The zero-order chi connectivity index (χ0) is 22.5. The Morgan fingerprint density at radius 3 is 2.28 bits per heavy atom. The predicted molar refractivity (Wildman–Crippen MR) is 131 cm³/mol. The molecule has 8 heteroatoms. The highest BCUT2D eigenvalue weighted by Crippen LogP contribution is 2.26. The smallest absolute Gasteiger partial charge is 0.196 e. The number of aryl methyl sites for hydroxylation is 1. The van der Waals surface area contributed by atoms with E-state index >= 15 is 0 Å². The van der Waals surface area contributed by atoms with Gasteiger partial charge in [0.2, 0.25) is 0 Å². The van der Waals surface area contributed by atoms with E-state index < -0.39 is 0 Å². The van der Waals surface area contributed by atoms with Crippen molar-refractivity contribution in [1.82, 2.24) is 14.8 Å². The monoisotopic (exact) mass is 482 g/mol. The minimum Gasteiger partial charge on any atom is -0.378 e. The molecule has 0 atom stereocenters. The van der Waals surface area contributed by atoms with Gasteiger partial charge in [-0.25, -0.2) is 0 Å². The number of aromatic nitrogens is 3. The zero-order valence-electron chi connectivity index (χ0n) is 17.3. The van der Waals surface area contributed by atoms with Crippen LogP contribution in [0.3, 0.4) is 0 Å². The standard InChI is InChI=1S/C24H20Cl2N4OS/c1-16-4-2-3-5-21(16)30-23(14-27-20-12-10-19(26)11-13-20)28-29-24(30)32-15-22(31)17-6-8-18(25)9-7-17/h2-13,27H,14-15H2,1H3. The van der Waals surface area contributed by atoms with Gasteiger partial charge in [-0.1, -0.05) is 53.2 Å². The molecule has 1 aromatic heterocycles. The molecule has 0 aliphatic carbocycles. The van der Waals surface area contributed by atoms with E-state index in [1.807, 2.05) is 60.0 Å². The summed E-state index contributed by atoms with van der Waals surface area (Å²) in [6, 6.07) is 22.4. The maximum atomic E-state index is 12.6. The van der Waals surface area contributed by atoms with Gasteiger partial charge in [0.1, 0.15) is 0 Å².